The molecule has 0 bridgehead atoms. The highest BCUT2D eigenvalue weighted by Crippen LogP contribution is 2.47. The van der Waals surface area contributed by atoms with Crippen molar-refractivity contribution in [2.24, 2.45) is 5.92 Å². The van der Waals surface area contributed by atoms with Crippen LogP contribution in [0.5, 0.6) is 5.75 Å². The van der Waals surface area contributed by atoms with E-state index in [9.17, 15) is 9.59 Å². The van der Waals surface area contributed by atoms with Crippen LogP contribution in [-0.4, -0.2) is 37.6 Å². The van der Waals surface area contributed by atoms with E-state index in [1.165, 1.54) is 4.90 Å². The summed E-state index contributed by atoms with van der Waals surface area (Å²) in [5.74, 6) is -0.556. The van der Waals surface area contributed by atoms with Gasteiger partial charge in [0.05, 0.1) is 24.0 Å². The van der Waals surface area contributed by atoms with Crippen LogP contribution in [0, 0.1) is 5.92 Å². The van der Waals surface area contributed by atoms with Crippen molar-refractivity contribution in [2.75, 3.05) is 34.6 Å². The van der Waals surface area contributed by atoms with Crippen molar-refractivity contribution in [1.82, 2.24) is 0 Å². The first-order chi connectivity index (χ1) is 18.1. The van der Waals surface area contributed by atoms with Gasteiger partial charge in [-0.15, -0.1) is 0 Å². The maximum Gasteiger partial charge on any atom is 0.266 e. The molecule has 2 heterocycles. The summed E-state index contributed by atoms with van der Waals surface area (Å²) in [4.78, 5) is 37.2. The molecule has 2 aliphatic heterocycles. The average Bonchev–Trinajstić information content (AvgIpc) is 3.45. The van der Waals surface area contributed by atoms with Gasteiger partial charge in [0.2, 0.25) is 5.91 Å². The van der Waals surface area contributed by atoms with Crippen LogP contribution in [0.25, 0.3) is 0 Å². The molecule has 192 valence electrons. The maximum absolute atomic E-state index is 13.8. The number of hydrogen-bond donors (Lipinski definition) is 0. The van der Waals surface area contributed by atoms with E-state index < -0.39 is 18.1 Å². The minimum atomic E-state index is -0.892. The zero-order valence-corrected chi connectivity index (χ0v) is 21.5. The molecule has 3 atom stereocenters. The second-order valence-electron chi connectivity index (χ2n) is 9.28. The number of hydroxylamine groups is 1. The Balaban J connectivity index is 1.48. The quantitative estimate of drug-likeness (QED) is 0.369. The molecule has 2 fully saturated rings. The Morgan fingerprint density at radius 3 is 2.11 bits per heavy atom. The van der Waals surface area contributed by atoms with Crippen LogP contribution in [0.1, 0.15) is 38.8 Å². The fraction of sp³-hybridized carbons (Fsp3) is 0.333. The van der Waals surface area contributed by atoms with Crippen molar-refractivity contribution in [3.63, 3.8) is 0 Å². The molecule has 37 heavy (non-hydrogen) atoms. The van der Waals surface area contributed by atoms with Crippen LogP contribution in [0.2, 0.25) is 0 Å². The van der Waals surface area contributed by atoms with Gasteiger partial charge in [-0.2, -0.15) is 0 Å². The summed E-state index contributed by atoms with van der Waals surface area (Å²) in [5.41, 5.74) is 3.38. The summed E-state index contributed by atoms with van der Waals surface area (Å²) in [6.07, 6.45) is 0.0111. The van der Waals surface area contributed by atoms with Crippen LogP contribution >= 0.6 is 0 Å². The summed E-state index contributed by atoms with van der Waals surface area (Å²) >= 11 is 0. The molecule has 0 saturated carbocycles. The molecule has 2 saturated heterocycles. The molecule has 2 amide bonds. The van der Waals surface area contributed by atoms with Gasteiger partial charge in [-0.3, -0.25) is 14.4 Å². The number of carbonyl (C=O) groups excluding carboxylic acids is 2. The fourth-order valence-electron chi connectivity index (χ4n) is 5.19. The summed E-state index contributed by atoms with van der Waals surface area (Å²) < 4.78 is 5.66. The van der Waals surface area contributed by atoms with Crippen LogP contribution in [-0.2, 0) is 14.4 Å². The highest BCUT2D eigenvalue weighted by molar-refractivity contribution is 6.23. The van der Waals surface area contributed by atoms with Crippen molar-refractivity contribution in [3.05, 3.63) is 84.4 Å². The number of para-hydroxylation sites is 1. The van der Waals surface area contributed by atoms with Crippen molar-refractivity contribution in [1.29, 1.82) is 0 Å². The van der Waals surface area contributed by atoms with Gasteiger partial charge < -0.3 is 9.64 Å². The second kappa shape index (κ2) is 10.6. The van der Waals surface area contributed by atoms with Gasteiger partial charge in [0.25, 0.3) is 5.91 Å². The number of hydrogen-bond acceptors (Lipinski definition) is 6. The highest BCUT2D eigenvalue weighted by atomic mass is 16.7. The molecule has 0 aromatic heterocycles. The fourth-order valence-corrected chi connectivity index (χ4v) is 5.19. The molecule has 0 N–H and O–H groups in total. The lowest BCUT2D eigenvalue weighted by atomic mass is 9.90. The lowest BCUT2D eigenvalue weighted by Gasteiger charge is -2.29. The number of nitrogens with zero attached hydrogens (tertiary/aromatic N) is 3. The van der Waals surface area contributed by atoms with E-state index in [0.29, 0.717) is 18.0 Å². The normalized spacial score (nSPS) is 20.9. The van der Waals surface area contributed by atoms with Gasteiger partial charge in [0.15, 0.2) is 6.10 Å². The van der Waals surface area contributed by atoms with Crippen LogP contribution in [0.3, 0.4) is 0 Å². The van der Waals surface area contributed by atoms with Crippen LogP contribution < -0.4 is 19.6 Å². The molecule has 0 radical (unpaired) electrons. The van der Waals surface area contributed by atoms with Gasteiger partial charge in [0, 0.05) is 18.8 Å². The third-order valence-corrected chi connectivity index (χ3v) is 7.06. The van der Waals surface area contributed by atoms with E-state index in [0.717, 1.165) is 36.4 Å². The van der Waals surface area contributed by atoms with Gasteiger partial charge in [-0.05, 0) is 74.4 Å². The van der Waals surface area contributed by atoms with E-state index >= 15 is 0 Å². The molecule has 3 aromatic rings. The van der Waals surface area contributed by atoms with E-state index in [4.69, 9.17) is 9.57 Å². The number of carbonyl (C=O) groups is 2. The van der Waals surface area contributed by atoms with E-state index in [1.807, 2.05) is 49.4 Å². The molecule has 2 aliphatic rings. The first-order valence-electron chi connectivity index (χ1n) is 13.0. The molecular formula is C30H33N3O4. The number of ether oxygens (including phenoxy) is 1. The molecule has 7 nitrogen and oxygen atoms in total. The van der Waals surface area contributed by atoms with Gasteiger partial charge in [-0.1, -0.05) is 37.3 Å². The average molecular weight is 500 g/mol. The highest BCUT2D eigenvalue weighted by Gasteiger charge is 2.60. The third kappa shape index (κ3) is 4.55. The molecule has 0 aliphatic carbocycles. The minimum absolute atomic E-state index is 0.256. The summed E-state index contributed by atoms with van der Waals surface area (Å²) in [6.45, 7) is 8.73. The number of benzene rings is 3. The molecule has 0 spiro atoms. The number of fused-ring (bicyclic) bond motifs is 1. The second-order valence-corrected chi connectivity index (χ2v) is 9.28. The van der Waals surface area contributed by atoms with Crippen molar-refractivity contribution >= 4 is 28.9 Å². The van der Waals surface area contributed by atoms with Gasteiger partial charge in [0.1, 0.15) is 11.7 Å². The standard InChI is InChI=1S/C30H33N3O4/c1-4-20-36-25-18-16-23(17-19-25)32-29(34)26-27(21-12-14-22(15-13-21)31(5-2)6-3)33(37-28(26)30(32)35)24-10-8-7-9-11-24/h7-19,26-28H,4-6,20H2,1-3H3/t26-,27+,28-/m0/s1. The number of rotatable bonds is 9. The van der Waals surface area contributed by atoms with Crippen molar-refractivity contribution in [2.45, 2.75) is 39.3 Å². The number of amides is 2. The van der Waals surface area contributed by atoms with Crippen LogP contribution in [0.4, 0.5) is 17.1 Å². The largest absolute Gasteiger partial charge is 0.494 e. The van der Waals surface area contributed by atoms with E-state index in [-0.39, 0.29) is 11.8 Å². The third-order valence-electron chi connectivity index (χ3n) is 7.06. The van der Waals surface area contributed by atoms with Gasteiger partial charge >= 0.3 is 0 Å². The predicted molar refractivity (Wildman–Crippen MR) is 145 cm³/mol. The van der Waals surface area contributed by atoms with Crippen molar-refractivity contribution < 1.29 is 19.2 Å². The minimum Gasteiger partial charge on any atom is -0.494 e. The van der Waals surface area contributed by atoms with E-state index in [2.05, 4.69) is 30.9 Å². The molecule has 0 unspecified atom stereocenters. The SMILES string of the molecule is CCCOc1ccc(N2C(=O)[C@@H]3[C@H](ON(c4ccccc4)[C@@H]3c3ccc(N(CC)CC)cc3)C2=O)cc1. The van der Waals surface area contributed by atoms with Crippen LogP contribution in [0.15, 0.2) is 78.9 Å². The Morgan fingerprint density at radius 1 is 0.811 bits per heavy atom. The molecule has 7 heteroatoms. The lowest BCUT2D eigenvalue weighted by Crippen LogP contribution is -2.37. The zero-order chi connectivity index (χ0) is 25.9. The first-order valence-corrected chi connectivity index (χ1v) is 13.0. The number of anilines is 3. The maximum atomic E-state index is 13.8. The van der Waals surface area contributed by atoms with Crippen molar-refractivity contribution in [3.8, 4) is 5.75 Å². The zero-order valence-electron chi connectivity index (χ0n) is 21.5. The molecule has 3 aromatic carbocycles. The topological polar surface area (TPSA) is 62.3 Å². The Hall–Kier alpha value is -3.84. The van der Waals surface area contributed by atoms with Gasteiger partial charge in [-0.25, -0.2) is 9.96 Å². The Morgan fingerprint density at radius 2 is 1.49 bits per heavy atom. The predicted octanol–water partition coefficient (Wildman–Crippen LogP) is 5.37. The van der Waals surface area contributed by atoms with E-state index in [1.54, 1.807) is 29.3 Å². The summed E-state index contributed by atoms with van der Waals surface area (Å²) in [6, 6.07) is 24.5. The Labute approximate surface area is 218 Å². The lowest BCUT2D eigenvalue weighted by molar-refractivity contribution is -0.126. The number of imide groups is 1. The molecule has 5 rings (SSSR count). The Bertz CT molecular complexity index is 1230. The first kappa shape index (κ1) is 24.8. The molecular weight excluding hydrogens is 466 g/mol. The Kier molecular flexibility index (Phi) is 7.15. The summed E-state index contributed by atoms with van der Waals surface area (Å²) in [7, 11) is 0. The smallest absolute Gasteiger partial charge is 0.266 e. The monoisotopic (exact) mass is 499 g/mol. The summed E-state index contributed by atoms with van der Waals surface area (Å²) in [5, 5.41) is 1.73.